The fourth-order valence-electron chi connectivity index (χ4n) is 2.12. The summed E-state index contributed by atoms with van der Waals surface area (Å²) in [7, 11) is 0. The van der Waals surface area contributed by atoms with Gasteiger partial charge in [0.15, 0.2) is 0 Å². The molecule has 0 aliphatic heterocycles. The van der Waals surface area contributed by atoms with Crippen LogP contribution in [0.2, 0.25) is 5.02 Å². The maximum atomic E-state index is 13.4. The van der Waals surface area contributed by atoms with Crippen LogP contribution in [-0.4, -0.2) is 6.54 Å². The molecule has 0 saturated heterocycles. The van der Waals surface area contributed by atoms with Crippen molar-refractivity contribution in [3.8, 4) is 6.07 Å². The number of nitrogens with one attached hydrogen (secondary N) is 1. The number of rotatable bonds is 5. The van der Waals surface area contributed by atoms with Gasteiger partial charge in [0.1, 0.15) is 11.9 Å². The summed E-state index contributed by atoms with van der Waals surface area (Å²) in [5.41, 5.74) is 7.43. The standard InChI is InChI=1S/C16H15ClFN3/c17-13-9-16(12(10-20)8-14(13)18)21-15(6-7-19)11-4-2-1-3-5-11/h1-5,8-9,15,21H,6-7,19H2/t15-/m1/s1. The lowest BCUT2D eigenvalue weighted by Crippen LogP contribution is -2.16. The summed E-state index contributed by atoms with van der Waals surface area (Å²) in [6.07, 6.45) is 0.684. The topological polar surface area (TPSA) is 61.8 Å². The summed E-state index contributed by atoms with van der Waals surface area (Å²) >= 11 is 5.80. The van der Waals surface area contributed by atoms with Crippen LogP contribution in [0.25, 0.3) is 0 Å². The Morgan fingerprint density at radius 3 is 2.62 bits per heavy atom. The third kappa shape index (κ3) is 3.72. The molecule has 1 atom stereocenters. The number of benzene rings is 2. The van der Waals surface area contributed by atoms with Gasteiger partial charge in [0, 0.05) is 0 Å². The van der Waals surface area contributed by atoms with E-state index >= 15 is 0 Å². The zero-order valence-electron chi connectivity index (χ0n) is 11.3. The highest BCUT2D eigenvalue weighted by atomic mass is 35.5. The van der Waals surface area contributed by atoms with E-state index in [4.69, 9.17) is 22.6 Å². The molecule has 5 heteroatoms. The van der Waals surface area contributed by atoms with Crippen molar-refractivity contribution in [1.82, 2.24) is 0 Å². The van der Waals surface area contributed by atoms with E-state index in [1.165, 1.54) is 6.07 Å². The lowest BCUT2D eigenvalue weighted by atomic mass is 10.0. The minimum atomic E-state index is -0.603. The number of nitrogens with two attached hydrogens (primary N) is 1. The number of hydrogen-bond donors (Lipinski definition) is 2. The summed E-state index contributed by atoms with van der Waals surface area (Å²) in [5.74, 6) is -0.603. The highest BCUT2D eigenvalue weighted by Gasteiger charge is 2.14. The van der Waals surface area contributed by atoms with Gasteiger partial charge in [0.25, 0.3) is 0 Å². The third-order valence-electron chi connectivity index (χ3n) is 3.17. The van der Waals surface area contributed by atoms with Crippen LogP contribution in [0.15, 0.2) is 42.5 Å². The zero-order valence-corrected chi connectivity index (χ0v) is 12.1. The molecule has 21 heavy (non-hydrogen) atoms. The van der Waals surface area contributed by atoms with Gasteiger partial charge in [0.2, 0.25) is 0 Å². The first kappa shape index (κ1) is 15.3. The summed E-state index contributed by atoms with van der Waals surface area (Å²) < 4.78 is 13.4. The molecule has 0 saturated carbocycles. The van der Waals surface area contributed by atoms with Crippen LogP contribution < -0.4 is 11.1 Å². The third-order valence-corrected chi connectivity index (χ3v) is 3.46. The number of anilines is 1. The highest BCUT2D eigenvalue weighted by Crippen LogP contribution is 2.28. The second-order valence-electron chi connectivity index (χ2n) is 4.61. The van der Waals surface area contributed by atoms with E-state index in [1.807, 2.05) is 36.4 Å². The normalized spacial score (nSPS) is 11.7. The lowest BCUT2D eigenvalue weighted by molar-refractivity contribution is 0.627. The van der Waals surface area contributed by atoms with Gasteiger partial charge in [-0.15, -0.1) is 0 Å². The smallest absolute Gasteiger partial charge is 0.143 e. The molecule has 3 N–H and O–H groups in total. The molecule has 0 aliphatic carbocycles. The number of halogens is 2. The van der Waals surface area contributed by atoms with Crippen molar-refractivity contribution in [3.63, 3.8) is 0 Å². The predicted octanol–water partition coefficient (Wildman–Crippen LogP) is 3.85. The van der Waals surface area contributed by atoms with Gasteiger partial charge >= 0.3 is 0 Å². The van der Waals surface area contributed by atoms with E-state index in [0.29, 0.717) is 18.7 Å². The Labute approximate surface area is 128 Å². The maximum absolute atomic E-state index is 13.4. The van der Waals surface area contributed by atoms with E-state index < -0.39 is 5.82 Å². The summed E-state index contributed by atoms with van der Waals surface area (Å²) in [4.78, 5) is 0. The van der Waals surface area contributed by atoms with Crippen molar-refractivity contribution in [3.05, 3.63) is 64.4 Å². The van der Waals surface area contributed by atoms with Crippen LogP contribution in [0.1, 0.15) is 23.6 Å². The van der Waals surface area contributed by atoms with Gasteiger partial charge in [-0.3, -0.25) is 0 Å². The molecule has 0 heterocycles. The molecule has 2 aromatic carbocycles. The first-order valence-electron chi connectivity index (χ1n) is 6.56. The Balaban J connectivity index is 2.34. The average Bonchev–Trinajstić information content (AvgIpc) is 2.51. The minimum absolute atomic E-state index is 0.0175. The predicted molar refractivity (Wildman–Crippen MR) is 82.6 cm³/mol. The Hall–Kier alpha value is -2.09. The molecule has 0 amide bonds. The van der Waals surface area contributed by atoms with E-state index in [1.54, 1.807) is 0 Å². The van der Waals surface area contributed by atoms with Crippen molar-refractivity contribution >= 4 is 17.3 Å². The van der Waals surface area contributed by atoms with E-state index in [9.17, 15) is 4.39 Å². The van der Waals surface area contributed by atoms with Crippen LogP contribution in [0.3, 0.4) is 0 Å². The van der Waals surface area contributed by atoms with Gasteiger partial charge in [-0.05, 0) is 30.7 Å². The van der Waals surface area contributed by atoms with Crippen LogP contribution >= 0.6 is 11.6 Å². The van der Waals surface area contributed by atoms with Crippen molar-refractivity contribution < 1.29 is 4.39 Å². The number of hydrogen-bond acceptors (Lipinski definition) is 3. The largest absolute Gasteiger partial charge is 0.377 e. The van der Waals surface area contributed by atoms with Crippen LogP contribution in [0.4, 0.5) is 10.1 Å². The summed E-state index contributed by atoms with van der Waals surface area (Å²) in [5, 5.41) is 12.3. The monoisotopic (exact) mass is 303 g/mol. The molecule has 0 fully saturated rings. The molecule has 0 aromatic heterocycles. The molecular formula is C16H15ClFN3. The van der Waals surface area contributed by atoms with Crippen molar-refractivity contribution in [2.45, 2.75) is 12.5 Å². The number of nitriles is 1. The average molecular weight is 304 g/mol. The van der Waals surface area contributed by atoms with Crippen molar-refractivity contribution in [2.24, 2.45) is 5.73 Å². The second kappa shape index (κ2) is 7.07. The van der Waals surface area contributed by atoms with Gasteiger partial charge in [-0.25, -0.2) is 4.39 Å². The molecule has 108 valence electrons. The Kier molecular flexibility index (Phi) is 5.15. The molecule has 0 spiro atoms. The fraction of sp³-hybridized carbons (Fsp3) is 0.188. The Bertz CT molecular complexity index is 653. The van der Waals surface area contributed by atoms with Crippen LogP contribution in [0.5, 0.6) is 0 Å². The van der Waals surface area contributed by atoms with Crippen LogP contribution in [0, 0.1) is 17.1 Å². The molecule has 2 rings (SSSR count). The molecule has 3 nitrogen and oxygen atoms in total. The van der Waals surface area contributed by atoms with Gasteiger partial charge in [0.05, 0.1) is 22.3 Å². The van der Waals surface area contributed by atoms with Gasteiger partial charge < -0.3 is 11.1 Å². The zero-order chi connectivity index (χ0) is 15.2. The fourth-order valence-corrected chi connectivity index (χ4v) is 2.28. The first-order valence-corrected chi connectivity index (χ1v) is 6.94. The van der Waals surface area contributed by atoms with Crippen LogP contribution in [-0.2, 0) is 0 Å². The summed E-state index contributed by atoms with van der Waals surface area (Å²) in [6.45, 7) is 0.489. The second-order valence-corrected chi connectivity index (χ2v) is 5.02. The van der Waals surface area contributed by atoms with Crippen molar-refractivity contribution in [2.75, 3.05) is 11.9 Å². The quantitative estimate of drug-likeness (QED) is 0.882. The van der Waals surface area contributed by atoms with E-state index in [0.717, 1.165) is 11.6 Å². The summed E-state index contributed by atoms with van der Waals surface area (Å²) in [6, 6.07) is 14.2. The Morgan fingerprint density at radius 2 is 2.00 bits per heavy atom. The lowest BCUT2D eigenvalue weighted by Gasteiger charge is -2.21. The molecule has 2 aromatic rings. The molecule has 0 radical (unpaired) electrons. The minimum Gasteiger partial charge on any atom is -0.377 e. The molecule has 0 bridgehead atoms. The van der Waals surface area contributed by atoms with E-state index in [2.05, 4.69) is 5.32 Å². The van der Waals surface area contributed by atoms with E-state index in [-0.39, 0.29) is 16.6 Å². The highest BCUT2D eigenvalue weighted by molar-refractivity contribution is 6.31. The molecule has 0 aliphatic rings. The number of nitrogens with zero attached hydrogens (tertiary/aromatic N) is 1. The molecular weight excluding hydrogens is 289 g/mol. The van der Waals surface area contributed by atoms with Gasteiger partial charge in [-0.2, -0.15) is 5.26 Å². The molecule has 0 unspecified atom stereocenters. The maximum Gasteiger partial charge on any atom is 0.143 e. The Morgan fingerprint density at radius 1 is 1.29 bits per heavy atom. The first-order chi connectivity index (χ1) is 10.2. The van der Waals surface area contributed by atoms with Crippen molar-refractivity contribution in [1.29, 1.82) is 5.26 Å². The van der Waals surface area contributed by atoms with Gasteiger partial charge in [-0.1, -0.05) is 41.9 Å². The SMILES string of the molecule is N#Cc1cc(F)c(Cl)cc1N[C@H](CCN)c1ccccc1.